The van der Waals surface area contributed by atoms with Crippen LogP contribution in [0.15, 0.2) is 30.6 Å². The number of aromatic nitrogens is 1. The van der Waals surface area contributed by atoms with Crippen LogP contribution in [0.3, 0.4) is 0 Å². The molecule has 7 heteroatoms. The molecule has 6 nitrogen and oxygen atoms in total. The molecule has 1 saturated heterocycles. The number of amides is 1. The van der Waals surface area contributed by atoms with Crippen molar-refractivity contribution in [1.29, 1.82) is 0 Å². The first-order valence-electron chi connectivity index (χ1n) is 6.78. The average molecular weight is 309 g/mol. The fourth-order valence-electron chi connectivity index (χ4n) is 2.32. The predicted molar refractivity (Wildman–Crippen MR) is 80.9 cm³/mol. The highest BCUT2D eigenvalue weighted by Gasteiger charge is 2.24. The number of carbonyl (C=O) groups excluding carboxylic acids is 1. The van der Waals surface area contributed by atoms with E-state index in [0.717, 1.165) is 24.7 Å². The van der Waals surface area contributed by atoms with Crippen molar-refractivity contribution in [1.82, 2.24) is 14.6 Å². The summed E-state index contributed by atoms with van der Waals surface area (Å²) < 4.78 is 25.1. The lowest BCUT2D eigenvalue weighted by atomic mass is 10.1. The van der Waals surface area contributed by atoms with Crippen LogP contribution in [0.5, 0.6) is 0 Å². The Labute approximate surface area is 124 Å². The fraction of sp³-hybridized carbons (Fsp3) is 0.429. The van der Waals surface area contributed by atoms with E-state index in [1.807, 2.05) is 6.07 Å². The SMILES string of the molecule is CS(=O)(=O)NC1CCCN(C(=O)/C=C/c2cccnc2)C1. The van der Waals surface area contributed by atoms with Gasteiger partial charge in [-0.1, -0.05) is 6.07 Å². The summed E-state index contributed by atoms with van der Waals surface area (Å²) >= 11 is 0. The third-order valence-corrected chi connectivity index (χ3v) is 3.98. The number of hydrogen-bond donors (Lipinski definition) is 1. The molecule has 1 aliphatic rings. The molecule has 0 radical (unpaired) electrons. The lowest BCUT2D eigenvalue weighted by molar-refractivity contribution is -0.127. The van der Waals surface area contributed by atoms with E-state index in [1.54, 1.807) is 29.4 Å². The van der Waals surface area contributed by atoms with Gasteiger partial charge in [-0.25, -0.2) is 13.1 Å². The molecule has 1 aliphatic heterocycles. The second-order valence-electron chi connectivity index (χ2n) is 5.13. The van der Waals surface area contributed by atoms with Crippen LogP contribution in [0, 0.1) is 0 Å². The summed E-state index contributed by atoms with van der Waals surface area (Å²) in [7, 11) is -3.24. The zero-order valence-corrected chi connectivity index (χ0v) is 12.7. The fourth-order valence-corrected chi connectivity index (χ4v) is 3.12. The molecule has 1 fully saturated rings. The molecule has 2 rings (SSSR count). The van der Waals surface area contributed by atoms with E-state index in [2.05, 4.69) is 9.71 Å². The van der Waals surface area contributed by atoms with Crippen LogP contribution in [0.2, 0.25) is 0 Å². The highest BCUT2D eigenvalue weighted by atomic mass is 32.2. The zero-order valence-electron chi connectivity index (χ0n) is 11.9. The maximum atomic E-state index is 12.1. The Morgan fingerprint density at radius 1 is 1.52 bits per heavy atom. The topological polar surface area (TPSA) is 79.4 Å². The summed E-state index contributed by atoms with van der Waals surface area (Å²) in [6.45, 7) is 1.06. The van der Waals surface area contributed by atoms with Crippen molar-refractivity contribution in [3.8, 4) is 0 Å². The molecule has 1 amide bonds. The molecule has 0 aromatic carbocycles. The maximum Gasteiger partial charge on any atom is 0.246 e. The first-order valence-corrected chi connectivity index (χ1v) is 8.67. The Morgan fingerprint density at radius 2 is 2.33 bits per heavy atom. The smallest absolute Gasteiger partial charge is 0.246 e. The quantitative estimate of drug-likeness (QED) is 0.828. The highest BCUT2D eigenvalue weighted by molar-refractivity contribution is 7.88. The summed E-state index contributed by atoms with van der Waals surface area (Å²) in [5, 5.41) is 0. The van der Waals surface area contributed by atoms with Gasteiger partial charge in [0.1, 0.15) is 0 Å². The van der Waals surface area contributed by atoms with Crippen molar-refractivity contribution in [2.45, 2.75) is 18.9 Å². The van der Waals surface area contributed by atoms with E-state index < -0.39 is 10.0 Å². The van der Waals surface area contributed by atoms with Crippen LogP contribution in [0.1, 0.15) is 18.4 Å². The Hall–Kier alpha value is -1.73. The van der Waals surface area contributed by atoms with E-state index in [0.29, 0.717) is 13.1 Å². The van der Waals surface area contributed by atoms with Gasteiger partial charge in [0.2, 0.25) is 15.9 Å². The lowest BCUT2D eigenvalue weighted by Gasteiger charge is -2.32. The number of sulfonamides is 1. The first kappa shape index (κ1) is 15.7. The third kappa shape index (κ3) is 5.28. The van der Waals surface area contributed by atoms with Gasteiger partial charge < -0.3 is 4.90 Å². The summed E-state index contributed by atoms with van der Waals surface area (Å²) in [4.78, 5) is 17.8. The number of likely N-dealkylation sites (tertiary alicyclic amines) is 1. The summed E-state index contributed by atoms with van der Waals surface area (Å²) in [5.41, 5.74) is 0.855. The Morgan fingerprint density at radius 3 is 3.00 bits per heavy atom. The number of pyridine rings is 1. The molecule has 1 aromatic heterocycles. The van der Waals surface area contributed by atoms with Gasteiger partial charge in [-0.05, 0) is 30.5 Å². The van der Waals surface area contributed by atoms with E-state index in [4.69, 9.17) is 0 Å². The van der Waals surface area contributed by atoms with Crippen LogP contribution in [0.25, 0.3) is 6.08 Å². The van der Waals surface area contributed by atoms with Crippen molar-refractivity contribution < 1.29 is 13.2 Å². The number of piperidine rings is 1. The van der Waals surface area contributed by atoms with Crippen LogP contribution in [-0.4, -0.2) is 49.6 Å². The van der Waals surface area contributed by atoms with Gasteiger partial charge in [-0.2, -0.15) is 0 Å². The van der Waals surface area contributed by atoms with Gasteiger partial charge in [0.15, 0.2) is 0 Å². The molecule has 1 aromatic rings. The third-order valence-electron chi connectivity index (χ3n) is 3.22. The maximum absolute atomic E-state index is 12.1. The molecule has 1 atom stereocenters. The summed E-state index contributed by atoms with van der Waals surface area (Å²) in [6, 6.07) is 3.46. The molecule has 1 unspecified atom stereocenters. The Bertz CT molecular complexity index is 614. The number of nitrogens with one attached hydrogen (secondary N) is 1. The Balaban J connectivity index is 1.94. The molecule has 1 N–H and O–H groups in total. The van der Waals surface area contributed by atoms with Crippen LogP contribution in [0.4, 0.5) is 0 Å². The molecule has 114 valence electrons. The minimum Gasteiger partial charge on any atom is -0.338 e. The molecule has 2 heterocycles. The molecule has 0 saturated carbocycles. The van der Waals surface area contributed by atoms with Crippen molar-refractivity contribution in [3.05, 3.63) is 36.2 Å². The number of hydrogen-bond acceptors (Lipinski definition) is 4. The minimum atomic E-state index is -3.24. The number of rotatable bonds is 4. The minimum absolute atomic E-state index is 0.112. The number of nitrogens with zero attached hydrogens (tertiary/aromatic N) is 2. The summed E-state index contributed by atoms with van der Waals surface area (Å²) in [6.07, 6.45) is 9.24. The van der Waals surface area contributed by atoms with Crippen LogP contribution < -0.4 is 4.72 Å². The molecular formula is C14H19N3O3S. The second kappa shape index (κ2) is 6.82. The molecule has 0 aliphatic carbocycles. The lowest BCUT2D eigenvalue weighted by Crippen LogP contribution is -2.48. The van der Waals surface area contributed by atoms with Gasteiger partial charge in [-0.15, -0.1) is 0 Å². The van der Waals surface area contributed by atoms with Gasteiger partial charge in [-0.3, -0.25) is 9.78 Å². The molecular weight excluding hydrogens is 290 g/mol. The first-order chi connectivity index (χ1) is 9.94. The van der Waals surface area contributed by atoms with Crippen molar-refractivity contribution in [3.63, 3.8) is 0 Å². The highest BCUT2D eigenvalue weighted by Crippen LogP contribution is 2.12. The van der Waals surface area contributed by atoms with E-state index in [-0.39, 0.29) is 11.9 Å². The molecule has 0 bridgehead atoms. The standard InChI is InChI=1S/C14H19N3O3S/c1-21(19,20)16-13-5-3-9-17(11-13)14(18)7-6-12-4-2-8-15-10-12/h2,4,6-8,10,13,16H,3,5,9,11H2,1H3/b7-6+. The second-order valence-corrected chi connectivity index (χ2v) is 6.91. The van der Waals surface area contributed by atoms with Crippen molar-refractivity contribution in [2.24, 2.45) is 0 Å². The molecule has 21 heavy (non-hydrogen) atoms. The van der Waals surface area contributed by atoms with Crippen molar-refractivity contribution in [2.75, 3.05) is 19.3 Å². The Kier molecular flexibility index (Phi) is 5.08. The van der Waals surface area contributed by atoms with Gasteiger partial charge >= 0.3 is 0 Å². The molecule has 0 spiro atoms. The van der Waals surface area contributed by atoms with E-state index in [9.17, 15) is 13.2 Å². The average Bonchev–Trinajstić information content (AvgIpc) is 2.44. The van der Waals surface area contributed by atoms with E-state index >= 15 is 0 Å². The van der Waals surface area contributed by atoms with Crippen LogP contribution in [-0.2, 0) is 14.8 Å². The monoisotopic (exact) mass is 309 g/mol. The van der Waals surface area contributed by atoms with Crippen molar-refractivity contribution >= 4 is 22.0 Å². The largest absolute Gasteiger partial charge is 0.338 e. The van der Waals surface area contributed by atoms with Gasteiger partial charge in [0.25, 0.3) is 0 Å². The predicted octanol–water partition coefficient (Wildman–Crippen LogP) is 0.635. The van der Waals surface area contributed by atoms with Gasteiger partial charge in [0, 0.05) is 37.6 Å². The van der Waals surface area contributed by atoms with E-state index in [1.165, 1.54) is 6.08 Å². The number of carbonyl (C=O) groups is 1. The summed E-state index contributed by atoms with van der Waals surface area (Å²) in [5.74, 6) is -0.112. The zero-order chi connectivity index (χ0) is 15.3. The van der Waals surface area contributed by atoms with Gasteiger partial charge in [0.05, 0.1) is 6.26 Å². The van der Waals surface area contributed by atoms with Crippen LogP contribution >= 0.6 is 0 Å². The normalized spacial score (nSPS) is 19.9.